The summed E-state index contributed by atoms with van der Waals surface area (Å²) >= 11 is 3.45. The van der Waals surface area contributed by atoms with Crippen LogP contribution in [0.5, 0.6) is 0 Å². The van der Waals surface area contributed by atoms with Gasteiger partial charge in [0.2, 0.25) is 0 Å². The van der Waals surface area contributed by atoms with Gasteiger partial charge in [0.1, 0.15) is 0 Å². The van der Waals surface area contributed by atoms with E-state index < -0.39 is 0 Å². The molecule has 90 valence electrons. The molecule has 3 heteroatoms. The van der Waals surface area contributed by atoms with Crippen LogP contribution in [-0.2, 0) is 6.42 Å². The first-order valence-electron chi connectivity index (χ1n) is 5.86. The first kappa shape index (κ1) is 13.7. The van der Waals surface area contributed by atoms with Crippen LogP contribution in [0.1, 0.15) is 12.5 Å². The van der Waals surface area contributed by atoms with Crippen LogP contribution in [0.15, 0.2) is 28.7 Å². The molecule has 1 rings (SSSR count). The van der Waals surface area contributed by atoms with Crippen LogP contribution in [-0.4, -0.2) is 38.1 Å². The zero-order chi connectivity index (χ0) is 11.8. The number of nitrogens with one attached hydrogen (secondary N) is 1. The largest absolute Gasteiger partial charge is 0.316 e. The summed E-state index contributed by atoms with van der Waals surface area (Å²) in [6.45, 7) is 6.51. The molecule has 0 radical (unpaired) electrons. The van der Waals surface area contributed by atoms with E-state index in [2.05, 4.69) is 64.4 Å². The Kier molecular flexibility index (Phi) is 6.69. The predicted molar refractivity (Wildman–Crippen MR) is 73.9 cm³/mol. The maximum absolute atomic E-state index is 3.45. The molecule has 1 N–H and O–H groups in total. The molecule has 0 saturated carbocycles. The lowest BCUT2D eigenvalue weighted by Crippen LogP contribution is -2.30. The van der Waals surface area contributed by atoms with Gasteiger partial charge < -0.3 is 10.2 Å². The van der Waals surface area contributed by atoms with E-state index in [4.69, 9.17) is 0 Å². The number of likely N-dealkylation sites (N-methyl/N-ethyl adjacent to an activating group) is 2. The summed E-state index contributed by atoms with van der Waals surface area (Å²) in [6.07, 6.45) is 1.12. The van der Waals surface area contributed by atoms with Gasteiger partial charge in [0.05, 0.1) is 0 Å². The molecule has 0 aliphatic heterocycles. The van der Waals surface area contributed by atoms with Gasteiger partial charge in [-0.3, -0.25) is 0 Å². The Labute approximate surface area is 107 Å². The van der Waals surface area contributed by atoms with Crippen molar-refractivity contribution in [2.24, 2.45) is 0 Å². The molecule has 0 aromatic heterocycles. The third-order valence-electron chi connectivity index (χ3n) is 2.62. The highest BCUT2D eigenvalue weighted by Crippen LogP contribution is 2.10. The highest BCUT2D eigenvalue weighted by atomic mass is 79.9. The first-order chi connectivity index (χ1) is 7.72. The quantitative estimate of drug-likeness (QED) is 0.774. The molecule has 1 aromatic rings. The van der Waals surface area contributed by atoms with E-state index in [1.165, 1.54) is 5.56 Å². The Bertz CT molecular complexity index is 284. The molecule has 2 nitrogen and oxygen atoms in total. The van der Waals surface area contributed by atoms with Crippen LogP contribution in [0.4, 0.5) is 0 Å². The van der Waals surface area contributed by atoms with Crippen LogP contribution in [0.25, 0.3) is 0 Å². The molecular weight excluding hydrogens is 264 g/mol. The fourth-order valence-electron chi connectivity index (χ4n) is 1.53. The van der Waals surface area contributed by atoms with Crippen molar-refractivity contribution in [3.05, 3.63) is 34.3 Å². The maximum Gasteiger partial charge on any atom is 0.0175 e. The van der Waals surface area contributed by atoms with E-state index >= 15 is 0 Å². The van der Waals surface area contributed by atoms with Crippen molar-refractivity contribution in [2.45, 2.75) is 13.3 Å². The van der Waals surface area contributed by atoms with Gasteiger partial charge in [-0.25, -0.2) is 0 Å². The van der Waals surface area contributed by atoms with Crippen LogP contribution in [0.3, 0.4) is 0 Å². The van der Waals surface area contributed by atoms with Crippen LogP contribution in [0.2, 0.25) is 0 Å². The highest BCUT2D eigenvalue weighted by Gasteiger charge is 1.98. The van der Waals surface area contributed by atoms with Crippen molar-refractivity contribution in [2.75, 3.05) is 33.2 Å². The number of nitrogens with zero attached hydrogens (tertiary/aromatic N) is 1. The smallest absolute Gasteiger partial charge is 0.0175 e. The number of hydrogen-bond donors (Lipinski definition) is 1. The zero-order valence-corrected chi connectivity index (χ0v) is 11.8. The third-order valence-corrected chi connectivity index (χ3v) is 3.14. The fourth-order valence-corrected chi connectivity index (χ4v) is 1.79. The van der Waals surface area contributed by atoms with Crippen molar-refractivity contribution >= 4 is 15.9 Å². The minimum absolute atomic E-state index is 1.06. The Morgan fingerprint density at radius 3 is 2.50 bits per heavy atom. The van der Waals surface area contributed by atoms with Gasteiger partial charge in [-0.05, 0) is 37.7 Å². The van der Waals surface area contributed by atoms with Crippen LogP contribution in [0, 0.1) is 0 Å². The van der Waals surface area contributed by atoms with Gasteiger partial charge in [-0.2, -0.15) is 0 Å². The van der Waals surface area contributed by atoms with Gasteiger partial charge in [0, 0.05) is 24.1 Å². The van der Waals surface area contributed by atoms with Crippen molar-refractivity contribution in [3.63, 3.8) is 0 Å². The normalized spacial score (nSPS) is 11.0. The molecule has 0 bridgehead atoms. The summed E-state index contributed by atoms with van der Waals surface area (Å²) in [5, 5.41) is 3.34. The summed E-state index contributed by atoms with van der Waals surface area (Å²) in [7, 11) is 2.18. The summed E-state index contributed by atoms with van der Waals surface area (Å²) in [4.78, 5) is 2.37. The lowest BCUT2D eigenvalue weighted by atomic mass is 10.1. The van der Waals surface area contributed by atoms with E-state index in [-0.39, 0.29) is 0 Å². The highest BCUT2D eigenvalue weighted by molar-refractivity contribution is 9.10. The van der Waals surface area contributed by atoms with Crippen molar-refractivity contribution in [3.8, 4) is 0 Å². The van der Waals surface area contributed by atoms with E-state index in [0.29, 0.717) is 0 Å². The summed E-state index contributed by atoms with van der Waals surface area (Å²) in [5.41, 5.74) is 1.40. The lowest BCUT2D eigenvalue weighted by molar-refractivity contribution is 0.337. The van der Waals surface area contributed by atoms with Gasteiger partial charge in [0.25, 0.3) is 0 Å². The average molecular weight is 285 g/mol. The summed E-state index contributed by atoms with van der Waals surface area (Å²) < 4.78 is 1.15. The van der Waals surface area contributed by atoms with Crippen LogP contribution < -0.4 is 5.32 Å². The molecule has 0 aliphatic rings. The van der Waals surface area contributed by atoms with E-state index in [1.54, 1.807) is 0 Å². The molecule has 0 fully saturated rings. The lowest BCUT2D eigenvalue weighted by Gasteiger charge is -2.16. The van der Waals surface area contributed by atoms with E-state index in [9.17, 15) is 0 Å². The van der Waals surface area contributed by atoms with E-state index in [0.717, 1.165) is 37.1 Å². The second-order valence-electron chi connectivity index (χ2n) is 4.03. The second kappa shape index (κ2) is 7.82. The standard InChI is InChI=1S/C13H21BrN2/c1-3-15-9-11-16(2)10-8-12-4-6-13(14)7-5-12/h4-7,15H,3,8-11H2,1-2H3. The van der Waals surface area contributed by atoms with Crippen molar-refractivity contribution < 1.29 is 0 Å². The SMILES string of the molecule is CCNCCN(C)CCc1ccc(Br)cc1. The maximum atomic E-state index is 3.45. The topological polar surface area (TPSA) is 15.3 Å². The molecule has 0 amide bonds. The summed E-state index contributed by atoms with van der Waals surface area (Å²) in [5.74, 6) is 0. The number of rotatable bonds is 7. The molecular formula is C13H21BrN2. The van der Waals surface area contributed by atoms with Crippen molar-refractivity contribution in [1.82, 2.24) is 10.2 Å². The van der Waals surface area contributed by atoms with Gasteiger partial charge >= 0.3 is 0 Å². The Balaban J connectivity index is 2.20. The second-order valence-corrected chi connectivity index (χ2v) is 4.95. The molecule has 0 aliphatic carbocycles. The fraction of sp³-hybridized carbons (Fsp3) is 0.538. The molecule has 0 atom stereocenters. The predicted octanol–water partition coefficient (Wildman–Crippen LogP) is 2.53. The number of benzene rings is 1. The average Bonchev–Trinajstić information content (AvgIpc) is 2.29. The molecule has 0 unspecified atom stereocenters. The molecule has 1 aromatic carbocycles. The molecule has 0 saturated heterocycles. The van der Waals surface area contributed by atoms with Crippen molar-refractivity contribution in [1.29, 1.82) is 0 Å². The Morgan fingerprint density at radius 1 is 1.19 bits per heavy atom. The summed E-state index contributed by atoms with van der Waals surface area (Å²) in [6, 6.07) is 8.58. The van der Waals surface area contributed by atoms with E-state index in [1.807, 2.05) is 0 Å². The minimum atomic E-state index is 1.06. The zero-order valence-electron chi connectivity index (χ0n) is 10.2. The van der Waals surface area contributed by atoms with Gasteiger partial charge in [-0.1, -0.05) is 35.0 Å². The Morgan fingerprint density at radius 2 is 1.88 bits per heavy atom. The monoisotopic (exact) mass is 284 g/mol. The van der Waals surface area contributed by atoms with Gasteiger partial charge in [0.15, 0.2) is 0 Å². The number of halogens is 1. The Hall–Kier alpha value is -0.380. The number of hydrogen-bond acceptors (Lipinski definition) is 2. The molecule has 0 spiro atoms. The molecule has 16 heavy (non-hydrogen) atoms. The van der Waals surface area contributed by atoms with Gasteiger partial charge in [-0.15, -0.1) is 0 Å². The third kappa shape index (κ3) is 5.64. The minimum Gasteiger partial charge on any atom is -0.316 e. The molecule has 0 heterocycles. The first-order valence-corrected chi connectivity index (χ1v) is 6.65. The van der Waals surface area contributed by atoms with Crippen LogP contribution >= 0.6 is 15.9 Å².